The van der Waals surface area contributed by atoms with Gasteiger partial charge < -0.3 is 14.8 Å². The summed E-state index contributed by atoms with van der Waals surface area (Å²) in [6.45, 7) is 0.242. The molecule has 3 aromatic rings. The molecular weight excluding hydrogens is 326 g/mol. The van der Waals surface area contributed by atoms with Crippen molar-refractivity contribution >= 4 is 11.5 Å². The van der Waals surface area contributed by atoms with Crippen molar-refractivity contribution in [2.45, 2.75) is 0 Å². The number of ketones is 1. The van der Waals surface area contributed by atoms with Crippen LogP contribution >= 0.6 is 0 Å². The van der Waals surface area contributed by atoms with Crippen molar-refractivity contribution in [2.24, 2.45) is 0 Å². The van der Waals surface area contributed by atoms with Crippen LogP contribution in [0.5, 0.6) is 11.5 Å². The van der Waals surface area contributed by atoms with Crippen LogP contribution < -0.4 is 14.8 Å². The first-order chi connectivity index (χ1) is 12.8. The van der Waals surface area contributed by atoms with Crippen molar-refractivity contribution in [1.29, 1.82) is 0 Å². The van der Waals surface area contributed by atoms with E-state index in [4.69, 9.17) is 9.47 Å². The molecule has 1 N–H and O–H groups in total. The van der Waals surface area contributed by atoms with Gasteiger partial charge in [0, 0.05) is 29.6 Å². The highest BCUT2D eigenvalue weighted by atomic mass is 16.7. The molecular formula is C22H17NO3. The Morgan fingerprint density at radius 1 is 0.846 bits per heavy atom. The third-order valence-electron chi connectivity index (χ3n) is 4.13. The lowest BCUT2D eigenvalue weighted by molar-refractivity contribution is 0.104. The van der Waals surface area contributed by atoms with Crippen LogP contribution in [-0.2, 0) is 0 Å². The van der Waals surface area contributed by atoms with Gasteiger partial charge in [-0.3, -0.25) is 4.79 Å². The monoisotopic (exact) mass is 343 g/mol. The number of allylic oxidation sites excluding steroid dienone is 1. The highest BCUT2D eigenvalue weighted by Crippen LogP contribution is 2.34. The SMILES string of the molecule is O=C(C=CNc1ccc2c(c1)OCO2)c1ccc(-c2ccccc2)cc1. The Bertz CT molecular complexity index is 947. The second-order valence-electron chi connectivity index (χ2n) is 5.85. The van der Waals surface area contributed by atoms with Crippen LogP contribution in [0.4, 0.5) is 5.69 Å². The first kappa shape index (κ1) is 16.0. The smallest absolute Gasteiger partial charge is 0.231 e. The number of fused-ring (bicyclic) bond motifs is 1. The molecule has 0 amide bonds. The van der Waals surface area contributed by atoms with Crippen LogP contribution in [0.25, 0.3) is 11.1 Å². The van der Waals surface area contributed by atoms with Gasteiger partial charge in [-0.05, 0) is 23.3 Å². The van der Waals surface area contributed by atoms with Gasteiger partial charge in [-0.1, -0.05) is 54.6 Å². The molecule has 0 spiro atoms. The van der Waals surface area contributed by atoms with E-state index in [-0.39, 0.29) is 12.6 Å². The van der Waals surface area contributed by atoms with Crippen molar-refractivity contribution in [3.8, 4) is 22.6 Å². The van der Waals surface area contributed by atoms with E-state index in [2.05, 4.69) is 5.32 Å². The molecule has 26 heavy (non-hydrogen) atoms. The maximum Gasteiger partial charge on any atom is 0.231 e. The normalized spacial score (nSPS) is 12.3. The van der Waals surface area contributed by atoms with Gasteiger partial charge in [-0.25, -0.2) is 0 Å². The van der Waals surface area contributed by atoms with Crippen LogP contribution in [-0.4, -0.2) is 12.6 Å². The van der Waals surface area contributed by atoms with Gasteiger partial charge in [0.1, 0.15) is 0 Å². The average Bonchev–Trinajstić information content (AvgIpc) is 3.16. The number of ether oxygens (including phenoxy) is 2. The van der Waals surface area contributed by atoms with E-state index < -0.39 is 0 Å². The zero-order valence-electron chi connectivity index (χ0n) is 14.0. The van der Waals surface area contributed by atoms with Gasteiger partial charge in [-0.2, -0.15) is 0 Å². The van der Waals surface area contributed by atoms with Gasteiger partial charge in [0.25, 0.3) is 0 Å². The predicted octanol–water partition coefficient (Wildman–Crippen LogP) is 4.89. The average molecular weight is 343 g/mol. The van der Waals surface area contributed by atoms with E-state index in [0.29, 0.717) is 11.3 Å². The van der Waals surface area contributed by atoms with Gasteiger partial charge in [0.2, 0.25) is 6.79 Å². The zero-order valence-corrected chi connectivity index (χ0v) is 14.0. The highest BCUT2D eigenvalue weighted by Gasteiger charge is 2.12. The second kappa shape index (κ2) is 7.15. The number of nitrogens with one attached hydrogen (secondary N) is 1. The number of hydrogen-bond donors (Lipinski definition) is 1. The first-order valence-electron chi connectivity index (χ1n) is 8.32. The Morgan fingerprint density at radius 3 is 2.38 bits per heavy atom. The molecule has 0 bridgehead atoms. The molecule has 0 saturated heterocycles. The Balaban J connectivity index is 1.40. The fourth-order valence-electron chi connectivity index (χ4n) is 2.75. The summed E-state index contributed by atoms with van der Waals surface area (Å²) in [5.41, 5.74) is 3.70. The molecule has 4 heteroatoms. The van der Waals surface area contributed by atoms with Crippen molar-refractivity contribution in [3.05, 3.63) is 90.6 Å². The van der Waals surface area contributed by atoms with E-state index in [0.717, 1.165) is 22.6 Å². The fraction of sp³-hybridized carbons (Fsp3) is 0.0455. The van der Waals surface area contributed by atoms with Crippen LogP contribution in [0.3, 0.4) is 0 Å². The molecule has 128 valence electrons. The summed E-state index contributed by atoms with van der Waals surface area (Å²) in [6, 6.07) is 23.2. The number of anilines is 1. The van der Waals surface area contributed by atoms with Crippen LogP contribution in [0.2, 0.25) is 0 Å². The third kappa shape index (κ3) is 3.44. The van der Waals surface area contributed by atoms with E-state index >= 15 is 0 Å². The summed E-state index contributed by atoms with van der Waals surface area (Å²) < 4.78 is 10.6. The number of hydrogen-bond acceptors (Lipinski definition) is 4. The van der Waals surface area contributed by atoms with E-state index in [1.807, 2.05) is 72.8 Å². The molecule has 1 aliphatic heterocycles. The summed E-state index contributed by atoms with van der Waals surface area (Å²) in [5.74, 6) is 1.37. The summed E-state index contributed by atoms with van der Waals surface area (Å²) in [5, 5.41) is 3.08. The lowest BCUT2D eigenvalue weighted by atomic mass is 10.0. The maximum atomic E-state index is 12.3. The van der Waals surface area contributed by atoms with Crippen LogP contribution in [0.1, 0.15) is 10.4 Å². The molecule has 0 unspecified atom stereocenters. The maximum absolute atomic E-state index is 12.3. The summed E-state index contributed by atoms with van der Waals surface area (Å²) in [6.07, 6.45) is 3.15. The predicted molar refractivity (Wildman–Crippen MR) is 102 cm³/mol. The van der Waals surface area contributed by atoms with Gasteiger partial charge >= 0.3 is 0 Å². The molecule has 1 aliphatic rings. The van der Waals surface area contributed by atoms with E-state index in [1.165, 1.54) is 6.08 Å². The number of carbonyl (C=O) groups excluding carboxylic acids is 1. The van der Waals surface area contributed by atoms with Gasteiger partial charge in [0.05, 0.1) is 0 Å². The van der Waals surface area contributed by atoms with Gasteiger partial charge in [-0.15, -0.1) is 0 Å². The van der Waals surface area contributed by atoms with Crippen molar-refractivity contribution in [3.63, 3.8) is 0 Å². The zero-order chi connectivity index (χ0) is 17.8. The van der Waals surface area contributed by atoms with Crippen LogP contribution in [0.15, 0.2) is 85.1 Å². The number of benzene rings is 3. The molecule has 0 radical (unpaired) electrons. The minimum Gasteiger partial charge on any atom is -0.454 e. The molecule has 0 saturated carbocycles. The van der Waals surface area contributed by atoms with Crippen molar-refractivity contribution < 1.29 is 14.3 Å². The quantitative estimate of drug-likeness (QED) is 0.529. The summed E-state index contributed by atoms with van der Waals surface area (Å²) in [7, 11) is 0. The first-order valence-corrected chi connectivity index (χ1v) is 8.32. The molecule has 1 heterocycles. The molecule has 0 fully saturated rings. The Labute approximate surface area is 151 Å². The Morgan fingerprint density at radius 2 is 1.58 bits per heavy atom. The molecule has 4 rings (SSSR count). The largest absolute Gasteiger partial charge is 0.454 e. The Kier molecular flexibility index (Phi) is 4.39. The standard InChI is InChI=1S/C22H17NO3/c24-20(12-13-23-19-10-11-21-22(14-19)26-15-25-21)18-8-6-17(7-9-18)16-4-2-1-3-5-16/h1-14,23H,15H2. The molecule has 0 aliphatic carbocycles. The topological polar surface area (TPSA) is 47.6 Å². The van der Waals surface area contributed by atoms with Crippen LogP contribution in [0, 0.1) is 0 Å². The van der Waals surface area contributed by atoms with E-state index in [9.17, 15) is 4.79 Å². The number of rotatable bonds is 5. The molecule has 4 nitrogen and oxygen atoms in total. The lowest BCUT2D eigenvalue weighted by Gasteiger charge is -2.03. The van der Waals surface area contributed by atoms with Gasteiger partial charge in [0.15, 0.2) is 17.3 Å². The second-order valence-corrected chi connectivity index (χ2v) is 5.85. The third-order valence-corrected chi connectivity index (χ3v) is 4.13. The molecule has 3 aromatic carbocycles. The number of carbonyl (C=O) groups is 1. The summed E-state index contributed by atoms with van der Waals surface area (Å²) >= 11 is 0. The van der Waals surface area contributed by atoms with Crippen molar-refractivity contribution in [1.82, 2.24) is 0 Å². The minimum atomic E-state index is -0.0575. The summed E-state index contributed by atoms with van der Waals surface area (Å²) in [4.78, 5) is 12.3. The minimum absolute atomic E-state index is 0.0575. The Hall–Kier alpha value is -3.53. The molecule has 0 atom stereocenters. The highest BCUT2D eigenvalue weighted by molar-refractivity contribution is 6.04. The fourth-order valence-corrected chi connectivity index (χ4v) is 2.75. The van der Waals surface area contributed by atoms with Crippen molar-refractivity contribution in [2.75, 3.05) is 12.1 Å². The lowest BCUT2D eigenvalue weighted by Crippen LogP contribution is -1.96. The molecule has 0 aromatic heterocycles. The van der Waals surface area contributed by atoms with E-state index in [1.54, 1.807) is 6.20 Å².